The molecule has 2 amide bonds. The van der Waals surface area contributed by atoms with Crippen LogP contribution in [-0.2, 0) is 9.59 Å². The van der Waals surface area contributed by atoms with Crippen LogP contribution >= 0.6 is 0 Å². The Kier molecular flexibility index (Phi) is 6.62. The molecule has 0 aromatic carbocycles. The third-order valence-corrected chi connectivity index (χ3v) is 2.92. The largest absolute Gasteiger partial charge is 0.355 e. The van der Waals surface area contributed by atoms with Crippen LogP contribution < -0.4 is 10.6 Å². The third kappa shape index (κ3) is 6.94. The maximum Gasteiger partial charge on any atom is 0.221 e. The van der Waals surface area contributed by atoms with E-state index in [0.717, 1.165) is 19.6 Å². The fourth-order valence-electron chi connectivity index (χ4n) is 1.97. The fraction of sp³-hybridized carbons (Fsp3) is 0.833. The molecular formula is C12H23N3O2. The summed E-state index contributed by atoms with van der Waals surface area (Å²) in [7, 11) is 0. The molecule has 2 N–H and O–H groups in total. The van der Waals surface area contributed by atoms with E-state index >= 15 is 0 Å². The summed E-state index contributed by atoms with van der Waals surface area (Å²) >= 11 is 0. The van der Waals surface area contributed by atoms with E-state index in [1.54, 1.807) is 0 Å². The summed E-state index contributed by atoms with van der Waals surface area (Å²) in [6, 6.07) is 0. The van der Waals surface area contributed by atoms with Crippen LogP contribution in [0.4, 0.5) is 0 Å². The average Bonchev–Trinajstić information content (AvgIpc) is 2.33. The lowest BCUT2D eigenvalue weighted by atomic mass is 10.1. The second-order valence-corrected chi connectivity index (χ2v) is 4.49. The first kappa shape index (κ1) is 14.0. The van der Waals surface area contributed by atoms with Gasteiger partial charge in [-0.05, 0) is 25.9 Å². The zero-order chi connectivity index (χ0) is 12.5. The number of nitrogens with zero attached hydrogens (tertiary/aromatic N) is 1. The zero-order valence-corrected chi connectivity index (χ0v) is 10.6. The Morgan fingerprint density at radius 1 is 1.06 bits per heavy atom. The number of amides is 2. The molecule has 5 nitrogen and oxygen atoms in total. The lowest BCUT2D eigenvalue weighted by Gasteiger charge is -2.25. The molecule has 1 aliphatic rings. The Bertz CT molecular complexity index is 250. The van der Waals surface area contributed by atoms with Gasteiger partial charge in [-0.25, -0.2) is 0 Å². The van der Waals surface area contributed by atoms with Crippen molar-refractivity contribution in [1.82, 2.24) is 15.5 Å². The van der Waals surface area contributed by atoms with Crippen molar-refractivity contribution < 1.29 is 9.59 Å². The van der Waals surface area contributed by atoms with E-state index in [2.05, 4.69) is 15.5 Å². The quantitative estimate of drug-likeness (QED) is 0.649. The van der Waals surface area contributed by atoms with Crippen molar-refractivity contribution >= 4 is 11.8 Å². The van der Waals surface area contributed by atoms with E-state index in [1.807, 2.05) is 0 Å². The smallest absolute Gasteiger partial charge is 0.221 e. The van der Waals surface area contributed by atoms with Crippen molar-refractivity contribution in [3.63, 3.8) is 0 Å². The van der Waals surface area contributed by atoms with Gasteiger partial charge >= 0.3 is 0 Å². The van der Waals surface area contributed by atoms with Gasteiger partial charge in [-0.2, -0.15) is 0 Å². The first-order valence-corrected chi connectivity index (χ1v) is 6.42. The molecule has 0 radical (unpaired) electrons. The van der Waals surface area contributed by atoms with Gasteiger partial charge in [0, 0.05) is 33.0 Å². The van der Waals surface area contributed by atoms with Crippen LogP contribution in [0, 0.1) is 0 Å². The van der Waals surface area contributed by atoms with Gasteiger partial charge in [0.1, 0.15) is 0 Å². The van der Waals surface area contributed by atoms with Crippen molar-refractivity contribution in [1.29, 1.82) is 0 Å². The Labute approximate surface area is 103 Å². The van der Waals surface area contributed by atoms with E-state index in [0.29, 0.717) is 19.5 Å². The maximum absolute atomic E-state index is 11.5. The molecule has 0 spiro atoms. The predicted molar refractivity (Wildman–Crippen MR) is 66.6 cm³/mol. The minimum absolute atomic E-state index is 0.0624. The molecule has 98 valence electrons. The van der Waals surface area contributed by atoms with Crippen molar-refractivity contribution in [3.05, 3.63) is 0 Å². The second-order valence-electron chi connectivity index (χ2n) is 4.49. The number of nitrogens with one attached hydrogen (secondary N) is 2. The second kappa shape index (κ2) is 8.06. The number of piperidine rings is 1. The molecule has 0 atom stereocenters. The number of rotatable bonds is 6. The Morgan fingerprint density at radius 3 is 2.35 bits per heavy atom. The van der Waals surface area contributed by atoms with Gasteiger partial charge in [-0.3, -0.25) is 9.59 Å². The maximum atomic E-state index is 11.5. The number of hydrogen-bond donors (Lipinski definition) is 2. The highest BCUT2D eigenvalue weighted by Gasteiger charge is 2.11. The SMILES string of the molecule is CC(=O)NCCNC(=O)CCN1CCCCC1. The van der Waals surface area contributed by atoms with Crippen molar-refractivity contribution in [2.45, 2.75) is 32.6 Å². The number of likely N-dealkylation sites (tertiary alicyclic amines) is 1. The minimum Gasteiger partial charge on any atom is -0.355 e. The molecule has 0 aliphatic carbocycles. The summed E-state index contributed by atoms with van der Waals surface area (Å²) in [5.41, 5.74) is 0. The number of hydrogen-bond acceptors (Lipinski definition) is 3. The van der Waals surface area contributed by atoms with Gasteiger partial charge in [0.25, 0.3) is 0 Å². The molecule has 1 aliphatic heterocycles. The minimum atomic E-state index is -0.0624. The first-order valence-electron chi connectivity index (χ1n) is 6.42. The summed E-state index contributed by atoms with van der Waals surface area (Å²) in [6.45, 7) is 5.59. The van der Waals surface area contributed by atoms with Gasteiger partial charge in [-0.1, -0.05) is 6.42 Å². The van der Waals surface area contributed by atoms with E-state index < -0.39 is 0 Å². The molecule has 5 heteroatoms. The number of carbonyl (C=O) groups excluding carboxylic acids is 2. The summed E-state index contributed by atoms with van der Waals surface area (Å²) in [4.78, 5) is 24.4. The summed E-state index contributed by atoms with van der Waals surface area (Å²) in [5, 5.41) is 5.44. The van der Waals surface area contributed by atoms with Crippen LogP contribution in [0.3, 0.4) is 0 Å². The van der Waals surface area contributed by atoms with E-state index in [1.165, 1.54) is 26.2 Å². The summed E-state index contributed by atoms with van der Waals surface area (Å²) in [6.07, 6.45) is 4.38. The van der Waals surface area contributed by atoms with Crippen LogP contribution in [0.5, 0.6) is 0 Å². The lowest BCUT2D eigenvalue weighted by Crippen LogP contribution is -2.37. The lowest BCUT2D eigenvalue weighted by molar-refractivity contribution is -0.122. The van der Waals surface area contributed by atoms with Crippen LogP contribution in [0.25, 0.3) is 0 Å². The molecule has 0 saturated carbocycles. The molecule has 0 unspecified atom stereocenters. The van der Waals surface area contributed by atoms with Gasteiger partial charge < -0.3 is 15.5 Å². The fourth-order valence-corrected chi connectivity index (χ4v) is 1.97. The van der Waals surface area contributed by atoms with E-state index in [4.69, 9.17) is 0 Å². The van der Waals surface area contributed by atoms with Gasteiger partial charge in [0.05, 0.1) is 0 Å². The van der Waals surface area contributed by atoms with E-state index in [9.17, 15) is 9.59 Å². The van der Waals surface area contributed by atoms with Crippen LogP contribution in [0.1, 0.15) is 32.6 Å². The highest BCUT2D eigenvalue weighted by molar-refractivity contribution is 5.76. The highest BCUT2D eigenvalue weighted by Crippen LogP contribution is 2.08. The summed E-state index contributed by atoms with van der Waals surface area (Å²) in [5.74, 6) is 0.00786. The highest BCUT2D eigenvalue weighted by atomic mass is 16.2. The van der Waals surface area contributed by atoms with Gasteiger partial charge in [-0.15, -0.1) is 0 Å². The molecule has 1 fully saturated rings. The monoisotopic (exact) mass is 241 g/mol. The Morgan fingerprint density at radius 2 is 1.71 bits per heavy atom. The van der Waals surface area contributed by atoms with Crippen molar-refractivity contribution in [3.8, 4) is 0 Å². The first-order chi connectivity index (χ1) is 8.18. The molecule has 0 bridgehead atoms. The molecule has 17 heavy (non-hydrogen) atoms. The van der Waals surface area contributed by atoms with Gasteiger partial charge in [0.15, 0.2) is 0 Å². The zero-order valence-electron chi connectivity index (χ0n) is 10.6. The van der Waals surface area contributed by atoms with Crippen molar-refractivity contribution in [2.75, 3.05) is 32.7 Å². The van der Waals surface area contributed by atoms with Crippen LogP contribution in [0.15, 0.2) is 0 Å². The van der Waals surface area contributed by atoms with Crippen molar-refractivity contribution in [2.24, 2.45) is 0 Å². The predicted octanol–water partition coefficient (Wildman–Crippen LogP) is 0.115. The van der Waals surface area contributed by atoms with Crippen LogP contribution in [-0.4, -0.2) is 49.4 Å². The van der Waals surface area contributed by atoms with Gasteiger partial charge in [0.2, 0.25) is 11.8 Å². The van der Waals surface area contributed by atoms with E-state index in [-0.39, 0.29) is 11.8 Å². The molecule has 0 aromatic rings. The standard InChI is InChI=1S/C12H23N3O2/c1-11(16)13-6-7-14-12(17)5-10-15-8-3-2-4-9-15/h2-10H2,1H3,(H,13,16)(H,14,17). The topological polar surface area (TPSA) is 61.4 Å². The number of carbonyl (C=O) groups is 2. The summed E-state index contributed by atoms with van der Waals surface area (Å²) < 4.78 is 0. The Balaban J connectivity index is 1.98. The molecule has 1 heterocycles. The van der Waals surface area contributed by atoms with Crippen LogP contribution in [0.2, 0.25) is 0 Å². The molecule has 0 aromatic heterocycles. The molecule has 1 rings (SSSR count). The molecular weight excluding hydrogens is 218 g/mol. The average molecular weight is 241 g/mol. The normalized spacial score (nSPS) is 16.5. The Hall–Kier alpha value is -1.10. The molecule has 1 saturated heterocycles. The third-order valence-electron chi connectivity index (χ3n) is 2.92.